The first-order valence-corrected chi connectivity index (χ1v) is 7.84. The molecule has 1 heterocycles. The van der Waals surface area contributed by atoms with Crippen molar-refractivity contribution in [2.75, 3.05) is 0 Å². The Labute approximate surface area is 126 Å². The van der Waals surface area contributed by atoms with Gasteiger partial charge in [-0.15, -0.1) is 0 Å². The zero-order valence-electron chi connectivity index (χ0n) is 13.1. The highest BCUT2D eigenvalue weighted by molar-refractivity contribution is 5.93. The van der Waals surface area contributed by atoms with Crippen molar-refractivity contribution in [1.82, 2.24) is 15.1 Å². The molecule has 0 unspecified atom stereocenters. The quantitative estimate of drug-likeness (QED) is 0.926. The first kappa shape index (κ1) is 15.6. The molecular formula is C16H24N4O. The summed E-state index contributed by atoms with van der Waals surface area (Å²) < 4.78 is 1.71. The highest BCUT2D eigenvalue weighted by atomic mass is 16.2. The van der Waals surface area contributed by atoms with Gasteiger partial charge in [-0.2, -0.15) is 10.4 Å². The second kappa shape index (κ2) is 6.30. The normalized spacial score (nSPS) is 25.3. The fourth-order valence-electron chi connectivity index (χ4n) is 2.87. The van der Waals surface area contributed by atoms with Gasteiger partial charge >= 0.3 is 0 Å². The molecule has 0 atom stereocenters. The second-order valence-corrected chi connectivity index (χ2v) is 6.02. The van der Waals surface area contributed by atoms with Crippen molar-refractivity contribution in [1.29, 1.82) is 5.26 Å². The van der Waals surface area contributed by atoms with E-state index in [1.807, 2.05) is 19.9 Å². The van der Waals surface area contributed by atoms with Crippen LogP contribution in [0.15, 0.2) is 6.07 Å². The van der Waals surface area contributed by atoms with E-state index in [0.717, 1.165) is 37.8 Å². The number of aryl methyl sites for hydroxylation is 2. The lowest BCUT2D eigenvalue weighted by Gasteiger charge is -2.34. The average Bonchev–Trinajstić information content (AvgIpc) is 2.93. The monoisotopic (exact) mass is 288 g/mol. The van der Waals surface area contributed by atoms with E-state index in [-0.39, 0.29) is 5.91 Å². The van der Waals surface area contributed by atoms with Crippen molar-refractivity contribution in [3.05, 3.63) is 17.5 Å². The van der Waals surface area contributed by atoms with Crippen molar-refractivity contribution in [3.8, 4) is 6.07 Å². The summed E-state index contributed by atoms with van der Waals surface area (Å²) in [6.45, 7) is 6.83. The van der Waals surface area contributed by atoms with Gasteiger partial charge in [0.2, 0.25) is 0 Å². The summed E-state index contributed by atoms with van der Waals surface area (Å²) in [6, 6.07) is 4.16. The molecule has 1 aliphatic carbocycles. The van der Waals surface area contributed by atoms with Gasteiger partial charge in [-0.05, 0) is 51.0 Å². The molecule has 21 heavy (non-hydrogen) atoms. The van der Waals surface area contributed by atoms with Crippen LogP contribution in [0, 0.1) is 17.2 Å². The van der Waals surface area contributed by atoms with Crippen molar-refractivity contribution in [2.45, 2.75) is 65.0 Å². The van der Waals surface area contributed by atoms with Gasteiger partial charge in [0.05, 0.1) is 11.8 Å². The van der Waals surface area contributed by atoms with Crippen LogP contribution in [-0.4, -0.2) is 21.2 Å². The maximum atomic E-state index is 12.5. The number of hydrogen-bond donors (Lipinski definition) is 1. The zero-order valence-corrected chi connectivity index (χ0v) is 13.1. The Morgan fingerprint density at radius 3 is 2.71 bits per heavy atom. The van der Waals surface area contributed by atoms with Crippen molar-refractivity contribution in [2.24, 2.45) is 5.92 Å². The summed E-state index contributed by atoms with van der Waals surface area (Å²) in [6.07, 6.45) is 4.24. The number of nitrogens with zero attached hydrogens (tertiary/aromatic N) is 3. The van der Waals surface area contributed by atoms with E-state index in [9.17, 15) is 10.1 Å². The number of nitrogens with one attached hydrogen (secondary N) is 1. The molecule has 1 saturated carbocycles. The Bertz CT molecular complexity index is 547. The summed E-state index contributed by atoms with van der Waals surface area (Å²) in [5, 5.41) is 16.9. The summed E-state index contributed by atoms with van der Waals surface area (Å²) in [5.74, 6) is 0.455. The third-order valence-electron chi connectivity index (χ3n) is 4.42. The van der Waals surface area contributed by atoms with Gasteiger partial charge in [0.1, 0.15) is 11.2 Å². The maximum absolute atomic E-state index is 12.5. The lowest BCUT2D eigenvalue weighted by Crippen LogP contribution is -2.49. The molecule has 0 bridgehead atoms. The molecule has 2 rings (SSSR count). The molecule has 0 aromatic carbocycles. The third-order valence-corrected chi connectivity index (χ3v) is 4.42. The number of carbonyl (C=O) groups is 1. The minimum absolute atomic E-state index is 0.180. The summed E-state index contributed by atoms with van der Waals surface area (Å²) in [7, 11) is 0. The van der Waals surface area contributed by atoms with Crippen LogP contribution in [0.5, 0.6) is 0 Å². The van der Waals surface area contributed by atoms with Gasteiger partial charge in [-0.3, -0.25) is 9.48 Å². The molecule has 114 valence electrons. The number of hydrogen-bond acceptors (Lipinski definition) is 3. The van der Waals surface area contributed by atoms with E-state index in [4.69, 9.17) is 0 Å². The Kier molecular flexibility index (Phi) is 4.66. The van der Waals surface area contributed by atoms with Crippen LogP contribution in [0.3, 0.4) is 0 Å². The summed E-state index contributed by atoms with van der Waals surface area (Å²) >= 11 is 0. The van der Waals surface area contributed by atoms with E-state index < -0.39 is 5.54 Å². The first-order chi connectivity index (χ1) is 10.0. The average molecular weight is 288 g/mol. The molecule has 1 aromatic rings. The zero-order chi connectivity index (χ0) is 15.5. The molecule has 1 amide bonds. The lowest BCUT2D eigenvalue weighted by atomic mass is 9.78. The number of carbonyl (C=O) groups excluding carboxylic acids is 1. The SMILES string of the molecule is CCc1cc(C(=O)NC2(C#N)CCC(C)CC2)n(CC)n1. The molecule has 1 N–H and O–H groups in total. The largest absolute Gasteiger partial charge is 0.332 e. The summed E-state index contributed by atoms with van der Waals surface area (Å²) in [5.41, 5.74) is 0.756. The molecule has 1 aliphatic rings. The maximum Gasteiger partial charge on any atom is 0.270 e. The van der Waals surface area contributed by atoms with Crippen molar-refractivity contribution >= 4 is 5.91 Å². The molecule has 1 aromatic heterocycles. The van der Waals surface area contributed by atoms with Crippen LogP contribution >= 0.6 is 0 Å². The van der Waals surface area contributed by atoms with Crippen LogP contribution in [0.2, 0.25) is 0 Å². The minimum atomic E-state index is -0.710. The highest BCUT2D eigenvalue weighted by Crippen LogP contribution is 2.31. The van der Waals surface area contributed by atoms with Crippen LogP contribution in [-0.2, 0) is 13.0 Å². The van der Waals surface area contributed by atoms with Crippen LogP contribution in [0.4, 0.5) is 0 Å². The molecule has 5 nitrogen and oxygen atoms in total. The number of nitriles is 1. The van der Waals surface area contributed by atoms with Gasteiger partial charge in [-0.25, -0.2) is 0 Å². The van der Waals surface area contributed by atoms with E-state index in [1.54, 1.807) is 4.68 Å². The van der Waals surface area contributed by atoms with Gasteiger partial charge in [0, 0.05) is 6.54 Å². The number of rotatable bonds is 4. The molecule has 1 fully saturated rings. The molecule has 0 spiro atoms. The summed E-state index contributed by atoms with van der Waals surface area (Å²) in [4.78, 5) is 12.5. The van der Waals surface area contributed by atoms with Crippen molar-refractivity contribution < 1.29 is 4.79 Å². The third kappa shape index (κ3) is 3.26. The Morgan fingerprint density at radius 2 is 2.19 bits per heavy atom. The minimum Gasteiger partial charge on any atom is -0.332 e. The smallest absolute Gasteiger partial charge is 0.270 e. The Balaban J connectivity index is 2.17. The molecular weight excluding hydrogens is 264 g/mol. The Hall–Kier alpha value is -1.83. The van der Waals surface area contributed by atoms with Crippen LogP contribution < -0.4 is 5.32 Å². The van der Waals surface area contributed by atoms with E-state index in [2.05, 4.69) is 23.4 Å². The highest BCUT2D eigenvalue weighted by Gasteiger charge is 2.36. The molecule has 0 aliphatic heterocycles. The molecule has 0 radical (unpaired) electrons. The van der Waals surface area contributed by atoms with E-state index in [0.29, 0.717) is 18.2 Å². The Morgan fingerprint density at radius 1 is 1.52 bits per heavy atom. The van der Waals surface area contributed by atoms with Crippen molar-refractivity contribution in [3.63, 3.8) is 0 Å². The predicted molar refractivity (Wildman–Crippen MR) is 80.7 cm³/mol. The number of aromatic nitrogens is 2. The first-order valence-electron chi connectivity index (χ1n) is 7.84. The van der Waals surface area contributed by atoms with Gasteiger partial charge in [0.15, 0.2) is 0 Å². The van der Waals surface area contributed by atoms with Gasteiger partial charge in [-0.1, -0.05) is 13.8 Å². The fourth-order valence-corrected chi connectivity index (χ4v) is 2.87. The van der Waals surface area contributed by atoms with Crippen LogP contribution in [0.25, 0.3) is 0 Å². The lowest BCUT2D eigenvalue weighted by molar-refractivity contribution is 0.0883. The molecule has 5 heteroatoms. The van der Waals surface area contributed by atoms with Crippen LogP contribution in [0.1, 0.15) is 62.6 Å². The standard InChI is InChI=1S/C16H24N4O/c1-4-13-10-14(20(5-2)19-13)15(21)18-16(11-17)8-6-12(3)7-9-16/h10,12H,4-9H2,1-3H3,(H,18,21). The predicted octanol–water partition coefficient (Wildman–Crippen LogP) is 2.67. The number of amides is 1. The van der Waals surface area contributed by atoms with E-state index in [1.165, 1.54) is 0 Å². The second-order valence-electron chi connectivity index (χ2n) is 6.02. The topological polar surface area (TPSA) is 70.7 Å². The van der Waals surface area contributed by atoms with E-state index >= 15 is 0 Å². The molecule has 0 saturated heterocycles. The van der Waals surface area contributed by atoms with Gasteiger partial charge < -0.3 is 5.32 Å². The fraction of sp³-hybridized carbons (Fsp3) is 0.688. The van der Waals surface area contributed by atoms with Gasteiger partial charge in [0.25, 0.3) is 5.91 Å².